The summed E-state index contributed by atoms with van der Waals surface area (Å²) in [6.07, 6.45) is 2.05. The summed E-state index contributed by atoms with van der Waals surface area (Å²) < 4.78 is 0. The largest absolute Gasteiger partial charge is 0.353 e. The van der Waals surface area contributed by atoms with E-state index in [9.17, 15) is 4.79 Å². The second-order valence-electron chi connectivity index (χ2n) is 5.68. The van der Waals surface area contributed by atoms with Crippen molar-refractivity contribution in [2.24, 2.45) is 0 Å². The zero-order valence-electron chi connectivity index (χ0n) is 12.8. The van der Waals surface area contributed by atoms with Crippen LogP contribution in [0, 0.1) is 0 Å². The smallest absolute Gasteiger partial charge is 0.230 e. The van der Waals surface area contributed by atoms with Gasteiger partial charge in [-0.3, -0.25) is 4.79 Å². The Labute approximate surface area is 134 Å². The van der Waals surface area contributed by atoms with Gasteiger partial charge in [-0.1, -0.05) is 12.1 Å². The van der Waals surface area contributed by atoms with Crippen molar-refractivity contribution in [3.63, 3.8) is 0 Å². The Morgan fingerprint density at radius 2 is 2.18 bits per heavy atom. The molecule has 6 heteroatoms. The van der Waals surface area contributed by atoms with Gasteiger partial charge in [-0.2, -0.15) is 0 Å². The lowest BCUT2D eigenvalue weighted by molar-refractivity contribution is -0.119. The maximum atomic E-state index is 12.0. The van der Waals surface area contributed by atoms with Gasteiger partial charge in [-0.05, 0) is 45.0 Å². The molecule has 0 aliphatic carbocycles. The van der Waals surface area contributed by atoms with Crippen molar-refractivity contribution in [1.82, 2.24) is 20.6 Å². The molecule has 3 rings (SSSR count). The monoisotopic (exact) mass is 318 g/mol. The zero-order chi connectivity index (χ0) is 15.4. The summed E-state index contributed by atoms with van der Waals surface area (Å²) in [5.74, 6) is 1.53. The van der Waals surface area contributed by atoms with E-state index in [4.69, 9.17) is 0 Å². The summed E-state index contributed by atoms with van der Waals surface area (Å²) in [6, 6.07) is 8.32. The van der Waals surface area contributed by atoms with Crippen molar-refractivity contribution in [2.75, 3.05) is 18.8 Å². The highest BCUT2D eigenvalue weighted by Gasteiger charge is 2.17. The Balaban J connectivity index is 1.50. The number of carbonyl (C=O) groups is 1. The number of nitrogens with zero attached hydrogens (tertiary/aromatic N) is 1. The number of aromatic amines is 1. The summed E-state index contributed by atoms with van der Waals surface area (Å²) in [4.78, 5) is 20.0. The number of para-hydroxylation sites is 2. The molecular formula is C16H22N4OS. The van der Waals surface area contributed by atoms with Crippen LogP contribution in [-0.2, 0) is 4.79 Å². The number of hydrogen-bond donors (Lipinski definition) is 3. The van der Waals surface area contributed by atoms with Crippen LogP contribution < -0.4 is 10.6 Å². The number of benzene rings is 1. The lowest BCUT2D eigenvalue weighted by Gasteiger charge is -2.23. The third kappa shape index (κ3) is 3.81. The normalized spacial score (nSPS) is 17.5. The van der Waals surface area contributed by atoms with Crippen LogP contribution in [0.25, 0.3) is 11.0 Å². The molecule has 5 nitrogen and oxygen atoms in total. The Morgan fingerprint density at radius 1 is 1.41 bits per heavy atom. The summed E-state index contributed by atoms with van der Waals surface area (Å²) in [5.41, 5.74) is 2.02. The van der Waals surface area contributed by atoms with E-state index >= 15 is 0 Å². The van der Waals surface area contributed by atoms with Crippen LogP contribution in [-0.4, -0.2) is 40.8 Å². The third-order valence-electron chi connectivity index (χ3n) is 3.96. The van der Waals surface area contributed by atoms with Gasteiger partial charge < -0.3 is 15.6 Å². The lowest BCUT2D eigenvalue weighted by atomic mass is 10.1. The number of carbonyl (C=O) groups excluding carboxylic acids is 1. The molecule has 2 aromatic rings. The molecule has 1 aromatic carbocycles. The first kappa shape index (κ1) is 15.4. The summed E-state index contributed by atoms with van der Waals surface area (Å²) in [5, 5.41) is 6.60. The van der Waals surface area contributed by atoms with Gasteiger partial charge in [0.2, 0.25) is 5.91 Å². The van der Waals surface area contributed by atoms with Crippen LogP contribution in [0.3, 0.4) is 0 Å². The average molecular weight is 318 g/mol. The molecule has 1 aliphatic heterocycles. The van der Waals surface area contributed by atoms with Crippen molar-refractivity contribution in [2.45, 2.75) is 31.1 Å². The fraction of sp³-hybridized carbons (Fsp3) is 0.500. The molecule has 0 saturated carbocycles. The number of amides is 1. The molecule has 1 fully saturated rings. The molecule has 0 bridgehead atoms. The van der Waals surface area contributed by atoms with Crippen LogP contribution >= 0.6 is 11.8 Å². The van der Waals surface area contributed by atoms with Gasteiger partial charge in [-0.25, -0.2) is 4.98 Å². The van der Waals surface area contributed by atoms with Gasteiger partial charge in [0.1, 0.15) is 5.82 Å². The molecule has 1 aliphatic rings. The number of rotatable bonds is 5. The Bertz CT molecular complexity index is 603. The number of H-pyrrole nitrogens is 1. The quantitative estimate of drug-likeness (QED) is 0.791. The van der Waals surface area contributed by atoms with E-state index in [2.05, 4.69) is 27.5 Å². The minimum Gasteiger partial charge on any atom is -0.353 e. The predicted octanol–water partition coefficient (Wildman–Crippen LogP) is 2.23. The summed E-state index contributed by atoms with van der Waals surface area (Å²) in [7, 11) is 0. The zero-order valence-corrected chi connectivity index (χ0v) is 13.6. The first-order valence-corrected chi connectivity index (χ1v) is 8.83. The second kappa shape index (κ2) is 7.15. The molecule has 0 spiro atoms. The van der Waals surface area contributed by atoms with E-state index in [0.29, 0.717) is 11.8 Å². The fourth-order valence-corrected chi connectivity index (χ4v) is 3.43. The number of nitrogens with one attached hydrogen (secondary N) is 3. The molecule has 2 heterocycles. The second-order valence-corrected chi connectivity index (χ2v) is 7.01. The van der Waals surface area contributed by atoms with Crippen molar-refractivity contribution >= 4 is 28.7 Å². The van der Waals surface area contributed by atoms with E-state index in [0.717, 1.165) is 42.8 Å². The van der Waals surface area contributed by atoms with Gasteiger partial charge in [0.15, 0.2) is 0 Å². The number of piperidine rings is 1. The minimum atomic E-state index is 0.125. The van der Waals surface area contributed by atoms with E-state index in [1.165, 1.54) is 0 Å². The molecule has 1 atom stereocenters. The van der Waals surface area contributed by atoms with Crippen LogP contribution in [0.4, 0.5) is 0 Å². The molecule has 1 amide bonds. The molecule has 3 N–H and O–H groups in total. The van der Waals surface area contributed by atoms with Crippen molar-refractivity contribution in [3.8, 4) is 0 Å². The molecule has 22 heavy (non-hydrogen) atoms. The van der Waals surface area contributed by atoms with Crippen LogP contribution in [0.1, 0.15) is 30.8 Å². The highest BCUT2D eigenvalue weighted by molar-refractivity contribution is 8.00. The summed E-state index contributed by atoms with van der Waals surface area (Å²) in [6.45, 7) is 4.07. The van der Waals surface area contributed by atoms with Crippen molar-refractivity contribution in [1.29, 1.82) is 0 Å². The van der Waals surface area contributed by atoms with Crippen molar-refractivity contribution in [3.05, 3.63) is 30.1 Å². The van der Waals surface area contributed by atoms with Crippen LogP contribution in [0.2, 0.25) is 0 Å². The number of hydrogen-bond acceptors (Lipinski definition) is 4. The number of aromatic nitrogens is 2. The van der Waals surface area contributed by atoms with E-state index < -0.39 is 0 Å². The van der Waals surface area contributed by atoms with Gasteiger partial charge in [0.25, 0.3) is 0 Å². The first-order valence-electron chi connectivity index (χ1n) is 7.78. The highest BCUT2D eigenvalue weighted by atomic mass is 32.2. The van der Waals surface area contributed by atoms with Gasteiger partial charge in [0.05, 0.1) is 22.0 Å². The maximum Gasteiger partial charge on any atom is 0.230 e. The average Bonchev–Trinajstić information content (AvgIpc) is 2.98. The minimum absolute atomic E-state index is 0.125. The molecule has 118 valence electrons. The van der Waals surface area contributed by atoms with E-state index in [-0.39, 0.29) is 11.2 Å². The summed E-state index contributed by atoms with van der Waals surface area (Å²) >= 11 is 1.62. The molecule has 0 radical (unpaired) electrons. The van der Waals surface area contributed by atoms with Crippen LogP contribution in [0.15, 0.2) is 24.3 Å². The van der Waals surface area contributed by atoms with Crippen molar-refractivity contribution < 1.29 is 4.79 Å². The van der Waals surface area contributed by atoms with Gasteiger partial charge in [-0.15, -0.1) is 11.8 Å². The van der Waals surface area contributed by atoms with Gasteiger partial charge in [0, 0.05) is 6.04 Å². The SMILES string of the molecule is CC(SCC(=O)NC1CCNCC1)c1nc2ccccc2[nH]1. The number of thioether (sulfide) groups is 1. The lowest BCUT2D eigenvalue weighted by Crippen LogP contribution is -2.43. The number of fused-ring (bicyclic) bond motifs is 1. The maximum absolute atomic E-state index is 12.0. The Hall–Kier alpha value is -1.53. The van der Waals surface area contributed by atoms with Crippen LogP contribution in [0.5, 0.6) is 0 Å². The number of imidazole rings is 1. The molecular weight excluding hydrogens is 296 g/mol. The third-order valence-corrected chi connectivity index (χ3v) is 5.11. The Kier molecular flexibility index (Phi) is 5.00. The molecule has 1 unspecified atom stereocenters. The van der Waals surface area contributed by atoms with Gasteiger partial charge >= 0.3 is 0 Å². The van der Waals surface area contributed by atoms with E-state index in [1.807, 2.05) is 24.3 Å². The highest BCUT2D eigenvalue weighted by Crippen LogP contribution is 2.27. The van der Waals surface area contributed by atoms with E-state index in [1.54, 1.807) is 11.8 Å². The fourth-order valence-electron chi connectivity index (χ4n) is 2.68. The molecule has 1 saturated heterocycles. The Morgan fingerprint density at radius 3 is 2.95 bits per heavy atom. The predicted molar refractivity (Wildman–Crippen MR) is 91.0 cm³/mol. The first-order chi connectivity index (χ1) is 10.7. The topological polar surface area (TPSA) is 69.8 Å². The standard InChI is InChI=1S/C16H22N4OS/c1-11(16-19-13-4-2-3-5-14(13)20-16)22-10-15(21)18-12-6-8-17-9-7-12/h2-5,11-12,17H,6-10H2,1H3,(H,18,21)(H,19,20). The molecule has 1 aromatic heterocycles.